The number of ether oxygens (including phenoxy) is 1. The molecular weight excluding hydrogens is 318 g/mol. The number of allylic oxidation sites excluding steroid dienone is 2. The number of morpholine rings is 1. The predicted molar refractivity (Wildman–Crippen MR) is 99.5 cm³/mol. The second-order valence-electron chi connectivity index (χ2n) is 5.76. The Balaban J connectivity index is 1.96. The number of carbonyl (C=O) groups is 1. The maximum absolute atomic E-state index is 12.1. The molecule has 0 aromatic carbocycles. The Morgan fingerprint density at radius 3 is 3.12 bits per heavy atom. The first kappa shape index (κ1) is 19.0. The van der Waals surface area contributed by atoms with Crippen LogP contribution in [0.25, 0.3) is 12.2 Å². The van der Waals surface area contributed by atoms with Crippen LogP contribution in [0, 0.1) is 0 Å². The van der Waals surface area contributed by atoms with E-state index in [0.29, 0.717) is 32.8 Å². The first-order valence-electron chi connectivity index (χ1n) is 8.48. The Kier molecular flexibility index (Phi) is 7.43. The zero-order valence-electron chi connectivity index (χ0n) is 14.9. The summed E-state index contributed by atoms with van der Waals surface area (Å²) in [6.07, 6.45) is 9.32. The minimum Gasteiger partial charge on any atom is -0.378 e. The Morgan fingerprint density at radius 2 is 2.44 bits per heavy atom. The molecule has 0 bridgehead atoms. The van der Waals surface area contributed by atoms with Crippen LogP contribution in [-0.2, 0) is 16.1 Å². The lowest BCUT2D eigenvalue weighted by molar-refractivity contribution is -0.125. The maximum atomic E-state index is 12.1. The van der Waals surface area contributed by atoms with Gasteiger partial charge < -0.3 is 25.3 Å². The fourth-order valence-corrected chi connectivity index (χ4v) is 2.52. The molecule has 136 valence electrons. The van der Waals surface area contributed by atoms with Crippen molar-refractivity contribution in [2.45, 2.75) is 26.4 Å². The molecule has 1 fully saturated rings. The highest BCUT2D eigenvalue weighted by Crippen LogP contribution is 2.13. The van der Waals surface area contributed by atoms with E-state index >= 15 is 0 Å². The zero-order valence-corrected chi connectivity index (χ0v) is 14.9. The van der Waals surface area contributed by atoms with Crippen molar-refractivity contribution in [3.05, 3.63) is 42.3 Å². The van der Waals surface area contributed by atoms with Crippen molar-refractivity contribution in [3.8, 4) is 0 Å². The molecular formula is C18H27N5O2. The van der Waals surface area contributed by atoms with Crippen molar-refractivity contribution in [2.24, 2.45) is 0 Å². The van der Waals surface area contributed by atoms with Crippen LogP contribution in [0.5, 0.6) is 0 Å². The molecule has 1 aliphatic rings. The van der Waals surface area contributed by atoms with Gasteiger partial charge in [-0.15, -0.1) is 0 Å². The molecule has 1 amide bonds. The normalized spacial score (nSPS) is 18.3. The average Bonchev–Trinajstić information content (AvgIpc) is 3.02. The standard InChI is InChI=1S/C18H27N5O2/c1-4-6-19-14(3)11-17-15(5-2)22-13-23(17)9-7-21-18(24)16-12-25-10-8-20-16/h4-6,11,13,16,19-20H,2,7-10,12H2,1,3H3,(H,21,24)/b6-4?,14-11+. The van der Waals surface area contributed by atoms with Gasteiger partial charge in [0.05, 0.1) is 30.9 Å². The topological polar surface area (TPSA) is 80.2 Å². The van der Waals surface area contributed by atoms with E-state index in [1.54, 1.807) is 12.4 Å². The molecule has 2 heterocycles. The molecule has 7 heteroatoms. The summed E-state index contributed by atoms with van der Waals surface area (Å²) in [6, 6.07) is -0.271. The molecule has 0 aliphatic carbocycles. The molecule has 0 spiro atoms. The third-order valence-corrected chi connectivity index (χ3v) is 3.82. The summed E-state index contributed by atoms with van der Waals surface area (Å²) in [5.41, 5.74) is 2.77. The molecule has 7 nitrogen and oxygen atoms in total. The highest BCUT2D eigenvalue weighted by molar-refractivity contribution is 5.81. The molecule has 1 aromatic heterocycles. The lowest BCUT2D eigenvalue weighted by atomic mass is 10.2. The van der Waals surface area contributed by atoms with E-state index in [0.717, 1.165) is 17.1 Å². The quantitative estimate of drug-likeness (QED) is 0.658. The minimum atomic E-state index is -0.271. The van der Waals surface area contributed by atoms with Gasteiger partial charge in [0.25, 0.3) is 0 Å². The van der Waals surface area contributed by atoms with E-state index in [1.165, 1.54) is 0 Å². The summed E-state index contributed by atoms with van der Waals surface area (Å²) in [7, 11) is 0. The van der Waals surface area contributed by atoms with E-state index in [-0.39, 0.29) is 11.9 Å². The number of amides is 1. The van der Waals surface area contributed by atoms with Crippen LogP contribution in [0.4, 0.5) is 0 Å². The first-order valence-corrected chi connectivity index (χ1v) is 8.48. The Labute approximate surface area is 148 Å². The fourth-order valence-electron chi connectivity index (χ4n) is 2.52. The van der Waals surface area contributed by atoms with Crippen LogP contribution < -0.4 is 16.0 Å². The monoisotopic (exact) mass is 345 g/mol. The van der Waals surface area contributed by atoms with Gasteiger partial charge in [0.15, 0.2) is 0 Å². The van der Waals surface area contributed by atoms with Gasteiger partial charge in [-0.25, -0.2) is 4.98 Å². The van der Waals surface area contributed by atoms with Gasteiger partial charge in [0, 0.05) is 25.3 Å². The fraction of sp³-hybridized carbons (Fsp3) is 0.444. The predicted octanol–water partition coefficient (Wildman–Crippen LogP) is 1.11. The van der Waals surface area contributed by atoms with Crippen molar-refractivity contribution in [1.29, 1.82) is 0 Å². The van der Waals surface area contributed by atoms with E-state index in [1.807, 2.05) is 36.8 Å². The van der Waals surface area contributed by atoms with Crippen LogP contribution in [0.3, 0.4) is 0 Å². The smallest absolute Gasteiger partial charge is 0.239 e. The van der Waals surface area contributed by atoms with E-state index in [4.69, 9.17) is 4.74 Å². The Bertz CT molecular complexity index is 642. The Morgan fingerprint density at radius 1 is 1.60 bits per heavy atom. The van der Waals surface area contributed by atoms with E-state index < -0.39 is 0 Å². The first-order chi connectivity index (χ1) is 12.2. The summed E-state index contributed by atoms with van der Waals surface area (Å²) >= 11 is 0. The number of carbonyl (C=O) groups excluding carboxylic acids is 1. The van der Waals surface area contributed by atoms with Gasteiger partial charge in [0.1, 0.15) is 6.04 Å². The number of nitrogens with zero attached hydrogens (tertiary/aromatic N) is 2. The van der Waals surface area contributed by atoms with Gasteiger partial charge in [-0.1, -0.05) is 12.7 Å². The van der Waals surface area contributed by atoms with Crippen LogP contribution in [-0.4, -0.2) is 47.8 Å². The molecule has 25 heavy (non-hydrogen) atoms. The highest BCUT2D eigenvalue weighted by atomic mass is 16.5. The average molecular weight is 345 g/mol. The zero-order chi connectivity index (χ0) is 18.1. The molecule has 3 N–H and O–H groups in total. The summed E-state index contributed by atoms with van der Waals surface area (Å²) in [5.74, 6) is -0.0354. The molecule has 1 aromatic rings. The molecule has 1 unspecified atom stereocenters. The molecule has 2 rings (SSSR count). The van der Waals surface area contributed by atoms with Crippen LogP contribution in [0.1, 0.15) is 25.2 Å². The molecule has 1 saturated heterocycles. The van der Waals surface area contributed by atoms with Gasteiger partial charge >= 0.3 is 0 Å². The number of imidazole rings is 1. The largest absolute Gasteiger partial charge is 0.378 e. The van der Waals surface area contributed by atoms with Gasteiger partial charge in [0.2, 0.25) is 5.91 Å². The highest BCUT2D eigenvalue weighted by Gasteiger charge is 2.20. The van der Waals surface area contributed by atoms with Crippen molar-refractivity contribution in [1.82, 2.24) is 25.5 Å². The second kappa shape index (κ2) is 9.80. The Hall–Kier alpha value is -2.38. The van der Waals surface area contributed by atoms with E-state index in [2.05, 4.69) is 27.5 Å². The van der Waals surface area contributed by atoms with Crippen LogP contribution in [0.2, 0.25) is 0 Å². The summed E-state index contributed by atoms with van der Waals surface area (Å²) < 4.78 is 7.31. The SMILES string of the molecule is C=Cc1ncn(CCNC(=O)C2COCCN2)c1/C=C(\C)NC=CC. The number of aromatic nitrogens is 2. The number of rotatable bonds is 8. The third kappa shape index (κ3) is 5.58. The molecule has 1 atom stereocenters. The summed E-state index contributed by atoms with van der Waals surface area (Å²) in [5, 5.41) is 9.26. The summed E-state index contributed by atoms with van der Waals surface area (Å²) in [4.78, 5) is 16.5. The third-order valence-electron chi connectivity index (χ3n) is 3.82. The van der Waals surface area contributed by atoms with Gasteiger partial charge in [-0.2, -0.15) is 0 Å². The minimum absolute atomic E-state index is 0.0354. The van der Waals surface area contributed by atoms with Crippen molar-refractivity contribution >= 4 is 18.1 Å². The van der Waals surface area contributed by atoms with Gasteiger partial charge in [-0.05, 0) is 32.2 Å². The second-order valence-corrected chi connectivity index (χ2v) is 5.76. The molecule has 0 saturated carbocycles. The van der Waals surface area contributed by atoms with Crippen LogP contribution >= 0.6 is 0 Å². The lowest BCUT2D eigenvalue weighted by Gasteiger charge is -2.23. The lowest BCUT2D eigenvalue weighted by Crippen LogP contribution is -2.51. The number of hydrogen-bond donors (Lipinski definition) is 3. The van der Waals surface area contributed by atoms with Gasteiger partial charge in [-0.3, -0.25) is 4.79 Å². The van der Waals surface area contributed by atoms with Crippen molar-refractivity contribution in [3.63, 3.8) is 0 Å². The molecule has 0 radical (unpaired) electrons. The van der Waals surface area contributed by atoms with Crippen LogP contribution in [0.15, 0.2) is 30.9 Å². The number of nitrogens with one attached hydrogen (secondary N) is 3. The van der Waals surface area contributed by atoms with E-state index in [9.17, 15) is 4.79 Å². The molecule has 1 aliphatic heterocycles. The maximum Gasteiger partial charge on any atom is 0.239 e. The summed E-state index contributed by atoms with van der Waals surface area (Å²) in [6.45, 7) is 10.7. The number of hydrogen-bond acceptors (Lipinski definition) is 5. The van der Waals surface area contributed by atoms with Crippen molar-refractivity contribution < 1.29 is 9.53 Å². The van der Waals surface area contributed by atoms with Crippen molar-refractivity contribution in [2.75, 3.05) is 26.3 Å².